The molecule has 24 heavy (non-hydrogen) atoms. The lowest BCUT2D eigenvalue weighted by Crippen LogP contribution is -2.41. The summed E-state index contributed by atoms with van der Waals surface area (Å²) in [5.41, 5.74) is 0.803. The summed E-state index contributed by atoms with van der Waals surface area (Å²) in [6.07, 6.45) is 5.68. The molecular formula is C18H23N3O3. The van der Waals surface area contributed by atoms with Crippen LogP contribution in [0.3, 0.4) is 0 Å². The van der Waals surface area contributed by atoms with Crippen LogP contribution in [0.5, 0.6) is 0 Å². The number of ether oxygens (including phenoxy) is 1. The molecule has 1 saturated heterocycles. The third-order valence-electron chi connectivity index (χ3n) is 3.46. The summed E-state index contributed by atoms with van der Waals surface area (Å²) < 4.78 is 5.34. The molecular weight excluding hydrogens is 306 g/mol. The molecule has 1 aromatic rings. The van der Waals surface area contributed by atoms with Crippen molar-refractivity contribution in [3.05, 3.63) is 29.8 Å². The van der Waals surface area contributed by atoms with Crippen LogP contribution in [0.4, 0.5) is 15.3 Å². The third kappa shape index (κ3) is 5.20. The zero-order chi connectivity index (χ0) is 17.7. The first kappa shape index (κ1) is 17.7. The van der Waals surface area contributed by atoms with Gasteiger partial charge in [0.05, 0.1) is 0 Å². The number of anilines is 1. The molecule has 6 nitrogen and oxygen atoms in total. The normalized spacial score (nSPS) is 17.1. The summed E-state index contributed by atoms with van der Waals surface area (Å²) in [7, 11) is 0. The number of amides is 3. The molecule has 3 amide bonds. The van der Waals surface area contributed by atoms with Crippen molar-refractivity contribution in [2.45, 2.75) is 38.8 Å². The molecule has 0 aliphatic carbocycles. The van der Waals surface area contributed by atoms with E-state index in [1.807, 2.05) is 20.8 Å². The Hall–Kier alpha value is -2.68. The van der Waals surface area contributed by atoms with Gasteiger partial charge < -0.3 is 20.3 Å². The molecule has 1 aliphatic heterocycles. The molecule has 2 N–H and O–H groups in total. The number of rotatable bonds is 2. The van der Waals surface area contributed by atoms with Gasteiger partial charge in [0.1, 0.15) is 5.60 Å². The highest BCUT2D eigenvalue weighted by molar-refractivity contribution is 5.89. The second-order valence-corrected chi connectivity index (χ2v) is 6.74. The molecule has 6 heteroatoms. The van der Waals surface area contributed by atoms with Crippen molar-refractivity contribution >= 4 is 17.8 Å². The Bertz CT molecular complexity index is 658. The van der Waals surface area contributed by atoms with Gasteiger partial charge in [0, 0.05) is 30.4 Å². The summed E-state index contributed by atoms with van der Waals surface area (Å²) in [4.78, 5) is 25.7. The maximum atomic E-state index is 12.1. The Morgan fingerprint density at radius 1 is 1.38 bits per heavy atom. The highest BCUT2D eigenvalue weighted by Gasteiger charge is 2.30. The Morgan fingerprint density at radius 3 is 2.79 bits per heavy atom. The van der Waals surface area contributed by atoms with Gasteiger partial charge in [-0.3, -0.25) is 0 Å². The van der Waals surface area contributed by atoms with Crippen LogP contribution in [0, 0.1) is 12.3 Å². The van der Waals surface area contributed by atoms with E-state index >= 15 is 0 Å². The largest absolute Gasteiger partial charge is 0.444 e. The number of nitrogens with zero attached hydrogens (tertiary/aromatic N) is 1. The number of nitrogens with one attached hydrogen (secondary N) is 2. The number of terminal acetylenes is 1. The second kappa shape index (κ2) is 7.26. The summed E-state index contributed by atoms with van der Waals surface area (Å²) >= 11 is 0. The van der Waals surface area contributed by atoms with E-state index in [0.717, 1.165) is 0 Å². The minimum atomic E-state index is -0.526. The molecule has 0 spiro atoms. The van der Waals surface area contributed by atoms with Crippen LogP contribution in [0.15, 0.2) is 24.3 Å². The van der Waals surface area contributed by atoms with E-state index in [4.69, 9.17) is 11.2 Å². The van der Waals surface area contributed by atoms with Crippen LogP contribution in [0.1, 0.15) is 32.8 Å². The Morgan fingerprint density at radius 2 is 2.12 bits per heavy atom. The minimum absolute atomic E-state index is 0.103. The maximum Gasteiger partial charge on any atom is 0.410 e. The van der Waals surface area contributed by atoms with E-state index in [-0.39, 0.29) is 18.2 Å². The zero-order valence-corrected chi connectivity index (χ0v) is 14.3. The molecule has 0 aromatic heterocycles. The second-order valence-electron chi connectivity index (χ2n) is 6.74. The Kier molecular flexibility index (Phi) is 5.35. The first-order chi connectivity index (χ1) is 11.3. The summed E-state index contributed by atoms with van der Waals surface area (Å²) in [5.74, 6) is 2.52. The molecule has 2 rings (SSSR count). The van der Waals surface area contributed by atoms with Crippen LogP contribution in [0.25, 0.3) is 0 Å². The van der Waals surface area contributed by atoms with Crippen LogP contribution in [-0.4, -0.2) is 41.8 Å². The van der Waals surface area contributed by atoms with Crippen molar-refractivity contribution in [3.63, 3.8) is 0 Å². The van der Waals surface area contributed by atoms with Gasteiger partial charge in [-0.1, -0.05) is 12.0 Å². The summed E-state index contributed by atoms with van der Waals surface area (Å²) in [6, 6.07) is 6.64. The Balaban J connectivity index is 1.83. The van der Waals surface area contributed by atoms with Crippen molar-refractivity contribution in [1.29, 1.82) is 0 Å². The number of hydrogen-bond acceptors (Lipinski definition) is 3. The standard InChI is InChI=1S/C18H23N3O3/c1-5-13-7-6-8-14(11-13)19-16(22)20-15-9-10-21(12-15)17(23)24-18(2,3)4/h1,6-8,11,15H,9-10,12H2,2-4H3,(H2,19,20,22). The average Bonchev–Trinajstić information content (AvgIpc) is 2.94. The summed E-state index contributed by atoms with van der Waals surface area (Å²) in [5, 5.41) is 5.61. The lowest BCUT2D eigenvalue weighted by Gasteiger charge is -2.24. The van der Waals surface area contributed by atoms with Crippen molar-refractivity contribution in [1.82, 2.24) is 10.2 Å². The smallest absolute Gasteiger partial charge is 0.410 e. The van der Waals surface area contributed by atoms with Gasteiger partial charge in [-0.05, 0) is 45.4 Å². The highest BCUT2D eigenvalue weighted by Crippen LogP contribution is 2.16. The number of benzene rings is 1. The molecule has 1 aromatic carbocycles. The molecule has 1 aliphatic rings. The topological polar surface area (TPSA) is 70.7 Å². The lowest BCUT2D eigenvalue weighted by atomic mass is 10.2. The molecule has 1 unspecified atom stereocenters. The van der Waals surface area contributed by atoms with E-state index in [2.05, 4.69) is 16.6 Å². The molecule has 0 saturated carbocycles. The van der Waals surface area contributed by atoms with Crippen molar-refractivity contribution in [2.75, 3.05) is 18.4 Å². The van der Waals surface area contributed by atoms with Gasteiger partial charge in [0.15, 0.2) is 0 Å². The molecule has 1 heterocycles. The molecule has 0 radical (unpaired) electrons. The lowest BCUT2D eigenvalue weighted by molar-refractivity contribution is 0.0291. The van der Waals surface area contributed by atoms with Gasteiger partial charge in [0.25, 0.3) is 0 Å². The van der Waals surface area contributed by atoms with E-state index < -0.39 is 5.60 Å². The van der Waals surface area contributed by atoms with Crippen LogP contribution in [0.2, 0.25) is 0 Å². The van der Waals surface area contributed by atoms with E-state index in [1.165, 1.54) is 0 Å². The van der Waals surface area contributed by atoms with Crippen LogP contribution in [-0.2, 0) is 4.74 Å². The average molecular weight is 329 g/mol. The molecule has 128 valence electrons. The van der Waals surface area contributed by atoms with E-state index in [0.29, 0.717) is 30.8 Å². The number of likely N-dealkylation sites (tertiary alicyclic amines) is 1. The first-order valence-electron chi connectivity index (χ1n) is 7.89. The number of carbonyl (C=O) groups is 2. The Labute approximate surface area is 142 Å². The van der Waals surface area contributed by atoms with E-state index in [1.54, 1.807) is 29.2 Å². The monoisotopic (exact) mass is 329 g/mol. The zero-order valence-electron chi connectivity index (χ0n) is 14.3. The van der Waals surface area contributed by atoms with Gasteiger partial charge in [-0.2, -0.15) is 0 Å². The van der Waals surface area contributed by atoms with Gasteiger partial charge in [0.2, 0.25) is 0 Å². The number of urea groups is 1. The fraction of sp³-hybridized carbons (Fsp3) is 0.444. The van der Waals surface area contributed by atoms with E-state index in [9.17, 15) is 9.59 Å². The van der Waals surface area contributed by atoms with Crippen molar-refractivity contribution < 1.29 is 14.3 Å². The fourth-order valence-corrected chi connectivity index (χ4v) is 2.41. The fourth-order valence-electron chi connectivity index (χ4n) is 2.41. The third-order valence-corrected chi connectivity index (χ3v) is 3.46. The number of hydrogen-bond donors (Lipinski definition) is 2. The van der Waals surface area contributed by atoms with Crippen LogP contribution >= 0.6 is 0 Å². The first-order valence-corrected chi connectivity index (χ1v) is 7.89. The highest BCUT2D eigenvalue weighted by atomic mass is 16.6. The van der Waals surface area contributed by atoms with Gasteiger partial charge in [-0.25, -0.2) is 9.59 Å². The van der Waals surface area contributed by atoms with Gasteiger partial charge in [-0.15, -0.1) is 6.42 Å². The van der Waals surface area contributed by atoms with Crippen molar-refractivity contribution in [2.24, 2.45) is 0 Å². The SMILES string of the molecule is C#Cc1cccc(NC(=O)NC2CCN(C(=O)OC(C)(C)C)C2)c1. The number of carbonyl (C=O) groups excluding carboxylic acids is 2. The molecule has 1 atom stereocenters. The molecule has 1 fully saturated rings. The predicted molar refractivity (Wildman–Crippen MR) is 92.7 cm³/mol. The molecule has 0 bridgehead atoms. The maximum absolute atomic E-state index is 12.1. The van der Waals surface area contributed by atoms with Crippen molar-refractivity contribution in [3.8, 4) is 12.3 Å². The predicted octanol–water partition coefficient (Wildman–Crippen LogP) is 2.80. The van der Waals surface area contributed by atoms with Gasteiger partial charge >= 0.3 is 12.1 Å². The summed E-state index contributed by atoms with van der Waals surface area (Å²) in [6.45, 7) is 6.48. The quantitative estimate of drug-likeness (QED) is 0.820. The van der Waals surface area contributed by atoms with Crippen LogP contribution < -0.4 is 10.6 Å². The minimum Gasteiger partial charge on any atom is -0.444 e.